The molecule has 0 saturated carbocycles. The lowest BCUT2D eigenvalue weighted by Gasteiger charge is -2.20. The molecule has 0 unspecified atom stereocenters. The molecule has 0 heterocycles. The smallest absolute Gasteiger partial charge is 0.307 e. The maximum Gasteiger partial charge on any atom is 0.307 e. The second-order valence-corrected chi connectivity index (χ2v) is 8.03. The maximum atomic E-state index is 12.8. The van der Waals surface area contributed by atoms with E-state index in [-0.39, 0.29) is 28.7 Å². The number of hydrogen-bond donors (Lipinski definition) is 1. The van der Waals surface area contributed by atoms with Crippen LogP contribution in [0.5, 0.6) is 5.75 Å². The molecule has 0 aliphatic rings. The molecule has 0 aromatic heterocycles. The van der Waals surface area contributed by atoms with Crippen molar-refractivity contribution in [1.29, 1.82) is 0 Å². The van der Waals surface area contributed by atoms with E-state index in [1.165, 1.54) is 25.3 Å². The van der Waals surface area contributed by atoms with Crippen LogP contribution in [0.3, 0.4) is 0 Å². The summed E-state index contributed by atoms with van der Waals surface area (Å²) in [4.78, 5) is 11.9. The molecule has 0 amide bonds. The lowest BCUT2D eigenvalue weighted by molar-refractivity contribution is -0.143. The highest BCUT2D eigenvalue weighted by atomic mass is 35.5. The van der Waals surface area contributed by atoms with Crippen molar-refractivity contribution in [3.63, 3.8) is 0 Å². The highest BCUT2D eigenvalue weighted by Crippen LogP contribution is 2.30. The van der Waals surface area contributed by atoms with E-state index in [4.69, 9.17) is 32.7 Å². The highest BCUT2D eigenvalue weighted by molar-refractivity contribution is 7.89. The number of methoxy groups -OCH3 is 1. The van der Waals surface area contributed by atoms with Crippen molar-refractivity contribution in [2.75, 3.05) is 13.7 Å². The molecule has 0 radical (unpaired) electrons. The molecule has 6 nitrogen and oxygen atoms in total. The summed E-state index contributed by atoms with van der Waals surface area (Å²) in [7, 11) is -2.60. The Morgan fingerprint density at radius 3 is 2.48 bits per heavy atom. The Labute approximate surface area is 168 Å². The van der Waals surface area contributed by atoms with E-state index in [2.05, 4.69) is 4.72 Å². The molecule has 0 bridgehead atoms. The third-order valence-electron chi connectivity index (χ3n) is 3.69. The summed E-state index contributed by atoms with van der Waals surface area (Å²) in [5.74, 6) is -0.321. The van der Waals surface area contributed by atoms with Crippen LogP contribution in [-0.2, 0) is 19.6 Å². The lowest BCUT2D eigenvalue weighted by Crippen LogP contribution is -2.31. The van der Waals surface area contributed by atoms with E-state index < -0.39 is 22.0 Å². The summed E-state index contributed by atoms with van der Waals surface area (Å²) < 4.78 is 38.2. The fourth-order valence-electron chi connectivity index (χ4n) is 2.42. The van der Waals surface area contributed by atoms with Gasteiger partial charge in [0, 0.05) is 11.1 Å². The third kappa shape index (κ3) is 5.59. The summed E-state index contributed by atoms with van der Waals surface area (Å²) in [5.41, 5.74) is 0.469. The van der Waals surface area contributed by atoms with Crippen LogP contribution in [0.1, 0.15) is 24.9 Å². The van der Waals surface area contributed by atoms with Crippen molar-refractivity contribution >= 4 is 39.2 Å². The predicted octanol–water partition coefficient (Wildman–Crippen LogP) is 3.97. The molecule has 2 aromatic rings. The summed E-state index contributed by atoms with van der Waals surface area (Å²) in [5, 5.41) is 0.619. The quantitative estimate of drug-likeness (QED) is 0.639. The first kappa shape index (κ1) is 21.5. The van der Waals surface area contributed by atoms with Crippen LogP contribution in [-0.4, -0.2) is 28.1 Å². The van der Waals surface area contributed by atoms with Crippen LogP contribution in [0.15, 0.2) is 47.4 Å². The third-order valence-corrected chi connectivity index (χ3v) is 5.81. The molecule has 27 heavy (non-hydrogen) atoms. The fourth-order valence-corrected chi connectivity index (χ4v) is 4.11. The second-order valence-electron chi connectivity index (χ2n) is 5.50. The number of sulfonamides is 1. The number of esters is 1. The zero-order valence-electron chi connectivity index (χ0n) is 14.7. The minimum atomic E-state index is -3.99. The van der Waals surface area contributed by atoms with Crippen LogP contribution in [0.4, 0.5) is 0 Å². The molecular formula is C18H19Cl2NO5S. The van der Waals surface area contributed by atoms with E-state index in [1.54, 1.807) is 31.2 Å². The topological polar surface area (TPSA) is 81.7 Å². The molecule has 146 valence electrons. The first-order valence-corrected chi connectivity index (χ1v) is 10.3. The Hall–Kier alpha value is -1.80. The molecule has 0 saturated heterocycles. The van der Waals surface area contributed by atoms with Gasteiger partial charge < -0.3 is 9.47 Å². The van der Waals surface area contributed by atoms with Gasteiger partial charge in [-0.05, 0) is 30.7 Å². The molecule has 9 heteroatoms. The first-order valence-electron chi connectivity index (χ1n) is 8.04. The van der Waals surface area contributed by atoms with Gasteiger partial charge in [-0.3, -0.25) is 4.79 Å². The van der Waals surface area contributed by atoms with Gasteiger partial charge in [-0.1, -0.05) is 41.4 Å². The number of carbonyl (C=O) groups is 1. The van der Waals surface area contributed by atoms with Gasteiger partial charge >= 0.3 is 5.97 Å². The van der Waals surface area contributed by atoms with Gasteiger partial charge in [-0.15, -0.1) is 0 Å². The Morgan fingerprint density at radius 1 is 1.15 bits per heavy atom. The predicted molar refractivity (Wildman–Crippen MR) is 104 cm³/mol. The zero-order chi connectivity index (χ0) is 20.0. The number of carbonyl (C=O) groups excluding carboxylic acids is 1. The number of hydrogen-bond acceptors (Lipinski definition) is 5. The minimum Gasteiger partial charge on any atom is -0.495 e. The molecule has 2 rings (SSSR count). The van der Waals surface area contributed by atoms with Crippen molar-refractivity contribution < 1.29 is 22.7 Å². The van der Waals surface area contributed by atoms with Gasteiger partial charge in [-0.25, -0.2) is 13.1 Å². The van der Waals surface area contributed by atoms with Crippen LogP contribution < -0.4 is 9.46 Å². The van der Waals surface area contributed by atoms with Crippen LogP contribution in [0, 0.1) is 0 Å². The maximum absolute atomic E-state index is 12.8. The molecule has 1 N–H and O–H groups in total. The molecule has 0 fully saturated rings. The van der Waals surface area contributed by atoms with Crippen molar-refractivity contribution in [1.82, 2.24) is 4.72 Å². The highest BCUT2D eigenvalue weighted by Gasteiger charge is 2.26. The standard InChI is InChI=1S/C18H19Cl2NO5S/c1-3-26-18(22)11-16(13-6-4-5-7-14(13)19)21-27(23,24)12-8-9-15(20)17(10-12)25-2/h4-10,16,21H,3,11H2,1-2H3/t16-/m1/s1. The lowest BCUT2D eigenvalue weighted by atomic mass is 10.1. The summed E-state index contributed by atoms with van der Waals surface area (Å²) in [6, 6.07) is 9.87. The molecule has 0 aliphatic carbocycles. The van der Waals surface area contributed by atoms with E-state index in [0.29, 0.717) is 10.6 Å². The summed E-state index contributed by atoms with van der Waals surface area (Å²) in [6.45, 7) is 1.86. The normalized spacial score (nSPS) is 12.4. The number of benzene rings is 2. The zero-order valence-corrected chi connectivity index (χ0v) is 17.1. The average molecular weight is 432 g/mol. The van der Waals surface area contributed by atoms with Gasteiger partial charge in [-0.2, -0.15) is 0 Å². The van der Waals surface area contributed by atoms with Crippen molar-refractivity contribution in [3.8, 4) is 5.75 Å². The van der Waals surface area contributed by atoms with E-state index in [1.807, 2.05) is 0 Å². The Balaban J connectivity index is 2.38. The molecule has 0 aliphatic heterocycles. The van der Waals surface area contributed by atoms with Crippen molar-refractivity contribution in [2.45, 2.75) is 24.3 Å². The number of ether oxygens (including phenoxy) is 2. The SMILES string of the molecule is CCOC(=O)C[C@@H](NS(=O)(=O)c1ccc(Cl)c(OC)c1)c1ccccc1Cl. The van der Waals surface area contributed by atoms with Gasteiger partial charge in [0.05, 0.1) is 36.1 Å². The molecular weight excluding hydrogens is 413 g/mol. The average Bonchev–Trinajstić information content (AvgIpc) is 2.61. The molecule has 0 spiro atoms. The summed E-state index contributed by atoms with van der Waals surface area (Å²) >= 11 is 12.2. The monoisotopic (exact) mass is 431 g/mol. The van der Waals surface area contributed by atoms with Gasteiger partial charge in [0.1, 0.15) is 5.75 Å². The van der Waals surface area contributed by atoms with Gasteiger partial charge in [0.2, 0.25) is 10.0 Å². The van der Waals surface area contributed by atoms with E-state index in [0.717, 1.165) is 0 Å². The van der Waals surface area contributed by atoms with Crippen LogP contribution in [0.25, 0.3) is 0 Å². The van der Waals surface area contributed by atoms with E-state index >= 15 is 0 Å². The van der Waals surface area contributed by atoms with Crippen LogP contribution in [0.2, 0.25) is 10.0 Å². The largest absolute Gasteiger partial charge is 0.495 e. The Kier molecular flexibility index (Phi) is 7.49. The van der Waals surface area contributed by atoms with Gasteiger partial charge in [0.15, 0.2) is 0 Å². The minimum absolute atomic E-state index is 0.0512. The van der Waals surface area contributed by atoms with E-state index in [9.17, 15) is 13.2 Å². The Morgan fingerprint density at radius 2 is 1.85 bits per heavy atom. The molecule has 1 atom stereocenters. The Bertz CT molecular complexity index is 918. The number of nitrogens with one attached hydrogen (secondary N) is 1. The fraction of sp³-hybridized carbons (Fsp3) is 0.278. The van der Waals surface area contributed by atoms with Crippen molar-refractivity contribution in [2.24, 2.45) is 0 Å². The van der Waals surface area contributed by atoms with Crippen molar-refractivity contribution in [3.05, 3.63) is 58.1 Å². The number of halogens is 2. The second kappa shape index (κ2) is 9.41. The van der Waals surface area contributed by atoms with Gasteiger partial charge in [0.25, 0.3) is 0 Å². The molecule has 2 aromatic carbocycles. The first-order chi connectivity index (χ1) is 12.8. The number of rotatable bonds is 8. The summed E-state index contributed by atoms with van der Waals surface area (Å²) in [6.07, 6.45) is -0.207. The van der Waals surface area contributed by atoms with Crippen LogP contribution >= 0.6 is 23.2 Å².